The van der Waals surface area contributed by atoms with Crippen molar-refractivity contribution in [3.05, 3.63) is 30.3 Å². The van der Waals surface area contributed by atoms with Crippen molar-refractivity contribution in [3.8, 4) is 0 Å². The van der Waals surface area contributed by atoms with Crippen molar-refractivity contribution in [1.29, 1.82) is 0 Å². The molecule has 0 bridgehead atoms. The van der Waals surface area contributed by atoms with Crippen LogP contribution in [0.5, 0.6) is 0 Å². The number of carbonyl (C=O) groups is 1. The molecule has 5 N–H and O–H groups in total. The summed E-state index contributed by atoms with van der Waals surface area (Å²) in [6, 6.07) is 9.60. The van der Waals surface area contributed by atoms with Crippen molar-refractivity contribution in [2.24, 2.45) is 11.6 Å². The van der Waals surface area contributed by atoms with Gasteiger partial charge in [-0.15, -0.1) is 0 Å². The highest BCUT2D eigenvalue weighted by Gasteiger charge is 1.78. The number of carbonyl (C=O) groups excluding carboxylic acids is 1. The first-order chi connectivity index (χ1) is 6.20. The molecule has 1 amide bonds. The van der Waals surface area contributed by atoms with Crippen molar-refractivity contribution < 1.29 is 9.53 Å². The fourth-order valence-corrected chi connectivity index (χ4v) is 0.534. The predicted octanol–water partition coefficient (Wildman–Crippen LogP) is 0.684. The van der Waals surface area contributed by atoms with Gasteiger partial charge in [0.25, 0.3) is 0 Å². The molecule has 0 unspecified atom stereocenters. The highest BCUT2D eigenvalue weighted by atomic mass is 16.5. The molecule has 1 aromatic carbocycles. The van der Waals surface area contributed by atoms with Crippen LogP contribution in [0.1, 0.15) is 0 Å². The largest absolute Gasteiger partial charge is 0.453 e. The number of hydrogen-bond acceptors (Lipinski definition) is 4. The molecular formula is C8H13N3O2. The van der Waals surface area contributed by atoms with Crippen LogP contribution in [0.2, 0.25) is 0 Å². The molecule has 0 saturated heterocycles. The average molecular weight is 183 g/mol. The molecule has 0 fully saturated rings. The Morgan fingerprint density at radius 3 is 2.08 bits per heavy atom. The highest BCUT2D eigenvalue weighted by Crippen LogP contribution is 2.00. The Balaban J connectivity index is 0.000000252. The Morgan fingerprint density at radius 1 is 1.38 bits per heavy atom. The number of benzene rings is 1. The van der Waals surface area contributed by atoms with Gasteiger partial charge in [0, 0.05) is 5.69 Å². The fraction of sp³-hybridized carbons (Fsp3) is 0.125. The lowest BCUT2D eigenvalue weighted by Gasteiger charge is -1.94. The third-order valence-corrected chi connectivity index (χ3v) is 1.14. The van der Waals surface area contributed by atoms with E-state index in [9.17, 15) is 4.79 Å². The standard InChI is InChI=1S/C6H8N2.C2H5NO2/c7-8-6-4-2-1-3-5-6;1-5-2(3)4/h1-5,8H,7H2;1H3,(H2,3,4). The zero-order chi connectivity index (χ0) is 10.1. The Bertz CT molecular complexity index is 238. The van der Waals surface area contributed by atoms with Gasteiger partial charge in [-0.3, -0.25) is 5.84 Å². The lowest BCUT2D eigenvalue weighted by Crippen LogP contribution is -2.08. The van der Waals surface area contributed by atoms with Gasteiger partial charge in [0.1, 0.15) is 0 Å². The molecule has 0 aliphatic heterocycles. The topological polar surface area (TPSA) is 90.4 Å². The molecule has 1 aromatic rings. The molecule has 72 valence electrons. The summed E-state index contributed by atoms with van der Waals surface area (Å²) >= 11 is 0. The van der Waals surface area contributed by atoms with E-state index >= 15 is 0 Å². The van der Waals surface area contributed by atoms with E-state index in [1.807, 2.05) is 30.3 Å². The number of nitrogens with two attached hydrogens (primary N) is 2. The van der Waals surface area contributed by atoms with Crippen LogP contribution >= 0.6 is 0 Å². The van der Waals surface area contributed by atoms with Gasteiger partial charge in [-0.05, 0) is 12.1 Å². The maximum atomic E-state index is 9.37. The van der Waals surface area contributed by atoms with Crippen molar-refractivity contribution in [2.45, 2.75) is 0 Å². The van der Waals surface area contributed by atoms with Crippen LogP contribution in [-0.4, -0.2) is 13.2 Å². The Labute approximate surface area is 76.6 Å². The number of amides is 1. The van der Waals surface area contributed by atoms with Crippen LogP contribution in [0.15, 0.2) is 30.3 Å². The van der Waals surface area contributed by atoms with Crippen molar-refractivity contribution in [2.75, 3.05) is 12.5 Å². The second kappa shape index (κ2) is 6.93. The summed E-state index contributed by atoms with van der Waals surface area (Å²) in [7, 11) is 1.22. The van der Waals surface area contributed by atoms with Crippen LogP contribution in [0.4, 0.5) is 10.5 Å². The summed E-state index contributed by atoms with van der Waals surface area (Å²) in [5.41, 5.74) is 7.90. The van der Waals surface area contributed by atoms with Crippen LogP contribution in [0, 0.1) is 0 Å². The van der Waals surface area contributed by atoms with E-state index in [0.29, 0.717) is 0 Å². The second-order valence-electron chi connectivity index (χ2n) is 2.03. The Morgan fingerprint density at radius 2 is 1.85 bits per heavy atom. The van der Waals surface area contributed by atoms with Gasteiger partial charge in [0.15, 0.2) is 0 Å². The molecule has 0 radical (unpaired) electrons. The smallest absolute Gasteiger partial charge is 0.404 e. The zero-order valence-electron chi connectivity index (χ0n) is 7.36. The Kier molecular flexibility index (Phi) is 6.00. The van der Waals surface area contributed by atoms with E-state index in [1.165, 1.54) is 7.11 Å². The third-order valence-electron chi connectivity index (χ3n) is 1.14. The van der Waals surface area contributed by atoms with E-state index in [-0.39, 0.29) is 0 Å². The molecule has 0 heterocycles. The summed E-state index contributed by atoms with van der Waals surface area (Å²) in [5.74, 6) is 5.10. The van der Waals surface area contributed by atoms with E-state index in [4.69, 9.17) is 5.84 Å². The number of anilines is 1. The molecule has 5 nitrogen and oxygen atoms in total. The number of hydrazine groups is 1. The number of nitrogen functional groups attached to an aromatic ring is 1. The van der Waals surface area contributed by atoms with Crippen LogP contribution in [0.3, 0.4) is 0 Å². The maximum absolute atomic E-state index is 9.37. The van der Waals surface area contributed by atoms with Crippen molar-refractivity contribution >= 4 is 11.8 Å². The lowest BCUT2D eigenvalue weighted by molar-refractivity contribution is 0.182. The first-order valence-corrected chi connectivity index (χ1v) is 3.55. The van der Waals surface area contributed by atoms with Gasteiger partial charge in [0.2, 0.25) is 0 Å². The third kappa shape index (κ3) is 6.64. The Hall–Kier alpha value is -1.75. The minimum absolute atomic E-state index is 0.745. The van der Waals surface area contributed by atoms with Crippen molar-refractivity contribution in [1.82, 2.24) is 0 Å². The number of methoxy groups -OCH3 is 1. The molecule has 0 saturated carbocycles. The fourth-order valence-electron chi connectivity index (χ4n) is 0.534. The molecule has 13 heavy (non-hydrogen) atoms. The number of hydrogen-bond donors (Lipinski definition) is 3. The summed E-state index contributed by atoms with van der Waals surface area (Å²) in [4.78, 5) is 9.37. The molecular weight excluding hydrogens is 170 g/mol. The summed E-state index contributed by atoms with van der Waals surface area (Å²) in [6.07, 6.45) is -0.745. The number of rotatable bonds is 1. The quantitative estimate of drug-likeness (QED) is 0.441. The molecule has 0 spiro atoms. The molecule has 0 atom stereocenters. The summed E-state index contributed by atoms with van der Waals surface area (Å²) in [5, 5.41) is 0. The second-order valence-corrected chi connectivity index (χ2v) is 2.03. The van der Waals surface area contributed by atoms with Crippen LogP contribution < -0.4 is 17.0 Å². The highest BCUT2D eigenvalue weighted by molar-refractivity contribution is 5.64. The van der Waals surface area contributed by atoms with Gasteiger partial charge in [-0.2, -0.15) is 0 Å². The summed E-state index contributed by atoms with van der Waals surface area (Å²) < 4.78 is 3.89. The number of para-hydroxylation sites is 1. The SMILES string of the molecule is COC(N)=O.NNc1ccccc1. The van der Waals surface area contributed by atoms with Crippen LogP contribution in [-0.2, 0) is 4.74 Å². The van der Waals surface area contributed by atoms with Gasteiger partial charge in [-0.25, -0.2) is 4.79 Å². The average Bonchev–Trinajstić information content (AvgIpc) is 2.20. The monoisotopic (exact) mass is 183 g/mol. The molecule has 0 aliphatic carbocycles. The predicted molar refractivity (Wildman–Crippen MR) is 50.8 cm³/mol. The molecule has 1 rings (SSSR count). The van der Waals surface area contributed by atoms with Crippen LogP contribution in [0.25, 0.3) is 0 Å². The molecule has 0 aliphatic rings. The maximum Gasteiger partial charge on any atom is 0.404 e. The normalized spacial score (nSPS) is 7.85. The van der Waals surface area contributed by atoms with Gasteiger partial charge in [0.05, 0.1) is 7.11 Å². The summed E-state index contributed by atoms with van der Waals surface area (Å²) in [6.45, 7) is 0. The number of nitrogens with one attached hydrogen (secondary N) is 1. The van der Waals surface area contributed by atoms with Crippen molar-refractivity contribution in [3.63, 3.8) is 0 Å². The van der Waals surface area contributed by atoms with E-state index < -0.39 is 6.09 Å². The van der Waals surface area contributed by atoms with E-state index in [0.717, 1.165) is 5.69 Å². The molecule has 0 aromatic heterocycles. The van der Waals surface area contributed by atoms with Gasteiger partial charge in [-0.1, -0.05) is 18.2 Å². The van der Waals surface area contributed by atoms with Gasteiger partial charge < -0.3 is 15.9 Å². The van der Waals surface area contributed by atoms with E-state index in [1.54, 1.807) is 0 Å². The first kappa shape index (κ1) is 11.2. The lowest BCUT2D eigenvalue weighted by atomic mass is 10.3. The molecule has 5 heteroatoms. The number of ether oxygens (including phenoxy) is 1. The minimum atomic E-state index is -0.745. The minimum Gasteiger partial charge on any atom is -0.453 e. The first-order valence-electron chi connectivity index (χ1n) is 3.55. The van der Waals surface area contributed by atoms with E-state index in [2.05, 4.69) is 15.9 Å². The zero-order valence-corrected chi connectivity index (χ0v) is 7.36. The number of primary amides is 1. The van der Waals surface area contributed by atoms with Gasteiger partial charge >= 0.3 is 6.09 Å².